The Hall–Kier alpha value is -2.76. The van der Waals surface area contributed by atoms with E-state index in [2.05, 4.69) is 34.4 Å². The lowest BCUT2D eigenvalue weighted by molar-refractivity contribution is 0.0846. The number of nitrogens with zero attached hydrogens (tertiary/aromatic N) is 2. The standard InChI is InChI=1S/2C16H22N2O/c2*1-12-5-3-6-13(17-12)14(19)18-16-8-4-7-15(2,11-16)9-10-16/h2*3,5-6H,4,7-11H2,1-2H3,(H,18,19)/t2*15-,16-/m10/s1. The highest BCUT2D eigenvalue weighted by Gasteiger charge is 2.50. The minimum absolute atomic E-state index is 0.00477. The second-order valence-corrected chi connectivity index (χ2v) is 13.5. The van der Waals surface area contributed by atoms with Crippen LogP contribution in [0.2, 0.25) is 0 Å². The van der Waals surface area contributed by atoms with Crippen LogP contribution in [0.1, 0.15) is 123 Å². The van der Waals surface area contributed by atoms with Gasteiger partial charge in [-0.1, -0.05) is 38.8 Å². The number of hydrogen-bond acceptors (Lipinski definition) is 4. The third-order valence-corrected chi connectivity index (χ3v) is 9.82. The minimum Gasteiger partial charge on any atom is -0.345 e. The van der Waals surface area contributed by atoms with Gasteiger partial charge in [0.25, 0.3) is 11.8 Å². The van der Waals surface area contributed by atoms with E-state index in [1.165, 1.54) is 38.5 Å². The molecule has 4 bridgehead atoms. The molecule has 4 fully saturated rings. The van der Waals surface area contributed by atoms with Gasteiger partial charge in [-0.3, -0.25) is 9.59 Å². The van der Waals surface area contributed by atoms with Gasteiger partial charge in [0.15, 0.2) is 0 Å². The average Bonchev–Trinajstić information content (AvgIpc) is 3.25. The number of rotatable bonds is 4. The van der Waals surface area contributed by atoms with Crippen molar-refractivity contribution in [2.75, 3.05) is 0 Å². The monoisotopic (exact) mass is 516 g/mol. The predicted molar refractivity (Wildman–Crippen MR) is 150 cm³/mol. The number of carbonyl (C=O) groups is 2. The van der Waals surface area contributed by atoms with Crippen LogP contribution in [0, 0.1) is 24.7 Å². The fraction of sp³-hybridized carbons (Fsp3) is 0.625. The molecule has 2 N–H and O–H groups in total. The van der Waals surface area contributed by atoms with Crippen LogP contribution in [-0.2, 0) is 0 Å². The zero-order valence-corrected chi connectivity index (χ0v) is 23.7. The molecule has 2 aromatic heterocycles. The second-order valence-electron chi connectivity index (χ2n) is 13.5. The Labute approximate surface area is 227 Å². The van der Waals surface area contributed by atoms with E-state index in [9.17, 15) is 9.59 Å². The van der Waals surface area contributed by atoms with Crippen molar-refractivity contribution in [2.45, 2.75) is 116 Å². The highest BCUT2D eigenvalue weighted by molar-refractivity contribution is 5.93. The smallest absolute Gasteiger partial charge is 0.270 e. The Morgan fingerprint density at radius 2 is 1.05 bits per heavy atom. The highest BCUT2D eigenvalue weighted by atomic mass is 16.2. The van der Waals surface area contributed by atoms with Crippen LogP contribution in [0.3, 0.4) is 0 Å². The van der Waals surface area contributed by atoms with Gasteiger partial charge in [-0.05, 0) is 113 Å². The van der Waals surface area contributed by atoms with E-state index < -0.39 is 0 Å². The SMILES string of the molecule is Cc1cccc(C(=O)N[C@@]23CCC[C@@](C)(CC2)C3)n1.Cc1cccc(C(=O)N[C@]23CCC[C@](C)(CC2)C3)n1. The highest BCUT2D eigenvalue weighted by Crippen LogP contribution is 2.54. The maximum absolute atomic E-state index is 12.4. The lowest BCUT2D eigenvalue weighted by atomic mass is 9.74. The van der Waals surface area contributed by atoms with Crippen LogP contribution in [-0.4, -0.2) is 32.9 Å². The lowest BCUT2D eigenvalue weighted by Gasteiger charge is -2.38. The number of nitrogens with one attached hydrogen (secondary N) is 2. The first-order chi connectivity index (χ1) is 18.0. The molecule has 6 rings (SSSR count). The summed E-state index contributed by atoms with van der Waals surface area (Å²) in [6, 6.07) is 11.2. The fourth-order valence-electron chi connectivity index (χ4n) is 7.92. The molecule has 6 nitrogen and oxygen atoms in total. The van der Waals surface area contributed by atoms with E-state index in [-0.39, 0.29) is 22.9 Å². The van der Waals surface area contributed by atoms with Crippen LogP contribution >= 0.6 is 0 Å². The van der Waals surface area contributed by atoms with Crippen LogP contribution in [0.25, 0.3) is 0 Å². The molecule has 204 valence electrons. The van der Waals surface area contributed by atoms with E-state index in [4.69, 9.17) is 0 Å². The molecule has 0 spiro atoms. The van der Waals surface area contributed by atoms with Crippen molar-refractivity contribution in [3.05, 3.63) is 59.2 Å². The van der Waals surface area contributed by atoms with Crippen molar-refractivity contribution < 1.29 is 9.59 Å². The topological polar surface area (TPSA) is 84.0 Å². The normalized spacial score (nSPS) is 33.2. The van der Waals surface area contributed by atoms with Gasteiger partial charge in [0.2, 0.25) is 0 Å². The second kappa shape index (κ2) is 10.1. The molecule has 4 aliphatic carbocycles. The van der Waals surface area contributed by atoms with Crippen molar-refractivity contribution in [1.82, 2.24) is 20.6 Å². The van der Waals surface area contributed by atoms with Gasteiger partial charge in [-0.2, -0.15) is 0 Å². The molecule has 4 saturated carbocycles. The van der Waals surface area contributed by atoms with Crippen molar-refractivity contribution in [2.24, 2.45) is 10.8 Å². The van der Waals surface area contributed by atoms with Gasteiger partial charge in [0.1, 0.15) is 11.4 Å². The van der Waals surface area contributed by atoms with Crippen LogP contribution in [0.15, 0.2) is 36.4 Å². The third kappa shape index (κ3) is 5.79. The molecule has 4 atom stereocenters. The zero-order valence-electron chi connectivity index (χ0n) is 23.7. The first-order valence-corrected chi connectivity index (χ1v) is 14.5. The van der Waals surface area contributed by atoms with Crippen LogP contribution in [0.4, 0.5) is 0 Å². The van der Waals surface area contributed by atoms with Crippen molar-refractivity contribution >= 4 is 11.8 Å². The number of aryl methyl sites for hydroxylation is 2. The summed E-state index contributed by atoms with van der Waals surface area (Å²) in [6.45, 7) is 8.57. The summed E-state index contributed by atoms with van der Waals surface area (Å²) >= 11 is 0. The average molecular weight is 517 g/mol. The number of amides is 2. The van der Waals surface area contributed by atoms with E-state index in [0.717, 1.165) is 49.9 Å². The molecule has 0 saturated heterocycles. The maximum Gasteiger partial charge on any atom is 0.270 e. The number of pyridine rings is 2. The Kier molecular flexibility index (Phi) is 7.12. The molecule has 38 heavy (non-hydrogen) atoms. The van der Waals surface area contributed by atoms with Gasteiger partial charge < -0.3 is 10.6 Å². The Morgan fingerprint density at radius 1 is 0.632 bits per heavy atom. The summed E-state index contributed by atoms with van der Waals surface area (Å²) in [6.07, 6.45) is 14.4. The van der Waals surface area contributed by atoms with Crippen molar-refractivity contribution in [3.8, 4) is 0 Å². The summed E-state index contributed by atoms with van der Waals surface area (Å²) < 4.78 is 0. The van der Waals surface area contributed by atoms with Gasteiger partial charge in [-0.15, -0.1) is 0 Å². The molecule has 0 aromatic carbocycles. The first-order valence-electron chi connectivity index (χ1n) is 14.5. The molecular weight excluding hydrogens is 472 g/mol. The molecule has 0 unspecified atom stereocenters. The Morgan fingerprint density at radius 3 is 1.45 bits per heavy atom. The van der Waals surface area contributed by atoms with Crippen LogP contribution in [0.5, 0.6) is 0 Å². The summed E-state index contributed by atoms with van der Waals surface area (Å²) in [5.41, 5.74) is 3.86. The maximum atomic E-state index is 12.4. The third-order valence-electron chi connectivity index (χ3n) is 9.82. The summed E-state index contributed by atoms with van der Waals surface area (Å²) in [7, 11) is 0. The van der Waals surface area contributed by atoms with E-state index in [1.54, 1.807) is 12.1 Å². The largest absolute Gasteiger partial charge is 0.345 e. The first kappa shape index (κ1) is 26.8. The summed E-state index contributed by atoms with van der Waals surface area (Å²) in [5.74, 6) is -0.00954. The summed E-state index contributed by atoms with van der Waals surface area (Å²) in [5, 5.41) is 6.58. The summed E-state index contributed by atoms with van der Waals surface area (Å²) in [4.78, 5) is 33.4. The van der Waals surface area contributed by atoms with Gasteiger partial charge in [0.05, 0.1) is 0 Å². The van der Waals surface area contributed by atoms with Crippen molar-refractivity contribution in [3.63, 3.8) is 0 Å². The molecule has 4 aliphatic rings. The molecule has 2 heterocycles. The van der Waals surface area contributed by atoms with Crippen molar-refractivity contribution in [1.29, 1.82) is 0 Å². The van der Waals surface area contributed by atoms with E-state index in [1.807, 2.05) is 38.1 Å². The van der Waals surface area contributed by atoms with E-state index >= 15 is 0 Å². The van der Waals surface area contributed by atoms with Gasteiger partial charge in [0, 0.05) is 22.5 Å². The molecule has 6 heteroatoms. The molecule has 2 amide bonds. The quantitative estimate of drug-likeness (QED) is 0.488. The number of carbonyl (C=O) groups excluding carboxylic acids is 2. The minimum atomic E-state index is -0.00477. The molecule has 0 radical (unpaired) electrons. The number of fused-ring (bicyclic) bond motifs is 4. The van der Waals surface area contributed by atoms with Gasteiger partial charge in [-0.25, -0.2) is 9.97 Å². The number of aromatic nitrogens is 2. The molecule has 2 aromatic rings. The Balaban J connectivity index is 0.000000155. The fourth-order valence-corrected chi connectivity index (χ4v) is 7.92. The van der Waals surface area contributed by atoms with Gasteiger partial charge >= 0.3 is 0 Å². The molecular formula is C32H44N4O2. The van der Waals surface area contributed by atoms with Crippen LogP contribution < -0.4 is 10.6 Å². The predicted octanol–water partition coefficient (Wildman–Crippen LogP) is 6.47. The lowest BCUT2D eigenvalue weighted by Crippen LogP contribution is -2.49. The molecule has 0 aliphatic heterocycles. The van der Waals surface area contributed by atoms with E-state index in [0.29, 0.717) is 22.2 Å². The number of hydrogen-bond donors (Lipinski definition) is 2. The zero-order chi connectivity index (χ0) is 27.0. The Bertz CT molecular complexity index is 1120.